The first-order valence-electron chi connectivity index (χ1n) is 6.71. The number of likely N-dealkylation sites (tertiary alicyclic amines) is 1. The molecule has 0 spiro atoms. The molecule has 3 heteroatoms. The predicted molar refractivity (Wildman–Crippen MR) is 71.6 cm³/mol. The quantitative estimate of drug-likeness (QED) is 0.816. The predicted octanol–water partition coefficient (Wildman–Crippen LogP) is 3.42. The van der Waals surface area contributed by atoms with E-state index in [1.165, 1.54) is 6.07 Å². The van der Waals surface area contributed by atoms with Gasteiger partial charge in [-0.25, -0.2) is 4.39 Å². The number of piperidine rings is 1. The Balaban J connectivity index is 2.09. The van der Waals surface area contributed by atoms with Gasteiger partial charge < -0.3 is 9.64 Å². The third kappa shape index (κ3) is 3.22. The molecule has 0 radical (unpaired) electrons. The van der Waals surface area contributed by atoms with Crippen LogP contribution in [-0.4, -0.2) is 31.1 Å². The molecule has 1 aromatic rings. The normalized spacial score (nSPS) is 18.3. The highest BCUT2D eigenvalue weighted by atomic mass is 19.1. The van der Waals surface area contributed by atoms with Crippen molar-refractivity contribution < 1.29 is 9.13 Å². The average Bonchev–Trinajstić information content (AvgIpc) is 2.34. The molecule has 2 rings (SSSR count). The zero-order valence-corrected chi connectivity index (χ0v) is 11.4. The van der Waals surface area contributed by atoms with Gasteiger partial charge in [0, 0.05) is 13.1 Å². The van der Waals surface area contributed by atoms with Crippen molar-refractivity contribution in [1.82, 2.24) is 4.90 Å². The maximum Gasteiger partial charge on any atom is 0.123 e. The molecule has 0 unspecified atom stereocenters. The van der Waals surface area contributed by atoms with Crippen LogP contribution >= 0.6 is 0 Å². The monoisotopic (exact) mass is 251 g/mol. The summed E-state index contributed by atoms with van der Waals surface area (Å²) in [6, 6.07) is 4.84. The Kier molecular flexibility index (Phi) is 4.23. The van der Waals surface area contributed by atoms with Crippen molar-refractivity contribution in [3.8, 4) is 5.75 Å². The topological polar surface area (TPSA) is 12.5 Å². The van der Waals surface area contributed by atoms with Gasteiger partial charge in [0.25, 0.3) is 0 Å². The van der Waals surface area contributed by atoms with Gasteiger partial charge >= 0.3 is 0 Å². The van der Waals surface area contributed by atoms with Crippen molar-refractivity contribution in [3.05, 3.63) is 29.6 Å². The van der Waals surface area contributed by atoms with Crippen molar-refractivity contribution in [3.63, 3.8) is 0 Å². The molecule has 1 aromatic carbocycles. The molecule has 0 amide bonds. The molecule has 0 aromatic heterocycles. The van der Waals surface area contributed by atoms with Crippen LogP contribution in [0.2, 0.25) is 0 Å². The highest BCUT2D eigenvalue weighted by Crippen LogP contribution is 2.29. The molecule has 18 heavy (non-hydrogen) atoms. The Morgan fingerprint density at radius 2 is 1.94 bits per heavy atom. The number of hydrogen-bond acceptors (Lipinski definition) is 2. The molecular weight excluding hydrogens is 229 g/mol. The van der Waals surface area contributed by atoms with E-state index in [0.717, 1.165) is 37.2 Å². The summed E-state index contributed by atoms with van der Waals surface area (Å²) in [6.45, 7) is 6.28. The lowest BCUT2D eigenvalue weighted by molar-refractivity contribution is 0.113. The molecule has 1 aliphatic rings. The van der Waals surface area contributed by atoms with Crippen molar-refractivity contribution in [1.29, 1.82) is 0 Å². The van der Waals surface area contributed by atoms with Crippen LogP contribution < -0.4 is 4.74 Å². The van der Waals surface area contributed by atoms with Crippen LogP contribution in [0.3, 0.4) is 0 Å². The van der Waals surface area contributed by atoms with E-state index >= 15 is 0 Å². The summed E-state index contributed by atoms with van der Waals surface area (Å²) in [4.78, 5) is 2.31. The molecular formula is C15H22FNO. The highest BCUT2D eigenvalue weighted by molar-refractivity contribution is 5.36. The summed E-state index contributed by atoms with van der Waals surface area (Å²) in [5.74, 6) is 0.942. The fourth-order valence-electron chi connectivity index (χ4n) is 2.36. The molecule has 0 aliphatic carbocycles. The molecule has 1 fully saturated rings. The van der Waals surface area contributed by atoms with Gasteiger partial charge in [-0.1, -0.05) is 13.8 Å². The first kappa shape index (κ1) is 13.3. The number of ether oxygens (including phenoxy) is 1. The van der Waals surface area contributed by atoms with Crippen LogP contribution in [-0.2, 0) is 0 Å². The molecule has 1 aliphatic heterocycles. The lowest BCUT2D eigenvalue weighted by Crippen LogP contribution is -2.35. The van der Waals surface area contributed by atoms with Crippen LogP contribution in [0.25, 0.3) is 0 Å². The van der Waals surface area contributed by atoms with Gasteiger partial charge in [0.05, 0.1) is 0 Å². The standard InChI is InChI=1S/C15H22FNO/c1-11(2)14-10-12(16)4-5-15(14)18-13-6-8-17(3)9-7-13/h4-5,10-11,13H,6-9H2,1-3H3. The number of benzene rings is 1. The lowest BCUT2D eigenvalue weighted by Gasteiger charge is -2.30. The van der Waals surface area contributed by atoms with Gasteiger partial charge in [-0.3, -0.25) is 0 Å². The third-order valence-electron chi connectivity index (χ3n) is 3.55. The second-order valence-electron chi connectivity index (χ2n) is 5.46. The van der Waals surface area contributed by atoms with E-state index in [0.29, 0.717) is 0 Å². The van der Waals surface area contributed by atoms with Crippen LogP contribution in [0.5, 0.6) is 5.75 Å². The minimum absolute atomic E-state index is 0.186. The van der Waals surface area contributed by atoms with Gasteiger partial charge in [0.2, 0.25) is 0 Å². The zero-order valence-electron chi connectivity index (χ0n) is 11.4. The van der Waals surface area contributed by atoms with Crippen LogP contribution in [0.4, 0.5) is 4.39 Å². The van der Waals surface area contributed by atoms with Gasteiger partial charge in [-0.05, 0) is 49.6 Å². The number of rotatable bonds is 3. The van der Waals surface area contributed by atoms with Crippen molar-refractivity contribution in [2.75, 3.05) is 20.1 Å². The Morgan fingerprint density at radius 1 is 1.28 bits per heavy atom. The maximum atomic E-state index is 13.3. The Hall–Kier alpha value is -1.09. The van der Waals surface area contributed by atoms with Crippen molar-refractivity contribution in [2.45, 2.75) is 38.7 Å². The zero-order chi connectivity index (χ0) is 13.1. The van der Waals surface area contributed by atoms with Crippen molar-refractivity contribution in [2.24, 2.45) is 0 Å². The SMILES string of the molecule is CC(C)c1cc(F)ccc1OC1CCN(C)CC1. The van der Waals surface area contributed by atoms with Crippen LogP contribution in [0.15, 0.2) is 18.2 Å². The van der Waals surface area contributed by atoms with Crippen LogP contribution in [0.1, 0.15) is 38.2 Å². The van der Waals surface area contributed by atoms with E-state index in [-0.39, 0.29) is 17.8 Å². The summed E-state index contributed by atoms with van der Waals surface area (Å²) in [5.41, 5.74) is 0.967. The molecule has 2 nitrogen and oxygen atoms in total. The Bertz CT molecular complexity index is 397. The fourth-order valence-corrected chi connectivity index (χ4v) is 2.36. The average molecular weight is 251 g/mol. The highest BCUT2D eigenvalue weighted by Gasteiger charge is 2.19. The van der Waals surface area contributed by atoms with E-state index in [9.17, 15) is 4.39 Å². The molecule has 0 saturated carbocycles. The van der Waals surface area contributed by atoms with Crippen molar-refractivity contribution >= 4 is 0 Å². The molecule has 0 bridgehead atoms. The molecule has 1 heterocycles. The summed E-state index contributed by atoms with van der Waals surface area (Å²) in [7, 11) is 2.13. The summed E-state index contributed by atoms with van der Waals surface area (Å²) < 4.78 is 19.3. The summed E-state index contributed by atoms with van der Waals surface area (Å²) in [6.07, 6.45) is 2.36. The summed E-state index contributed by atoms with van der Waals surface area (Å²) >= 11 is 0. The minimum atomic E-state index is -0.186. The van der Waals surface area contributed by atoms with E-state index in [4.69, 9.17) is 4.74 Å². The van der Waals surface area contributed by atoms with E-state index in [2.05, 4.69) is 25.8 Å². The summed E-state index contributed by atoms with van der Waals surface area (Å²) in [5, 5.41) is 0. The first-order valence-corrected chi connectivity index (χ1v) is 6.71. The third-order valence-corrected chi connectivity index (χ3v) is 3.55. The van der Waals surface area contributed by atoms with E-state index in [1.807, 2.05) is 0 Å². The van der Waals surface area contributed by atoms with Gasteiger partial charge in [0.1, 0.15) is 17.7 Å². The molecule has 100 valence electrons. The molecule has 1 saturated heterocycles. The van der Waals surface area contributed by atoms with Gasteiger partial charge in [-0.15, -0.1) is 0 Å². The van der Waals surface area contributed by atoms with Gasteiger partial charge in [-0.2, -0.15) is 0 Å². The Labute approximate surface area is 109 Å². The first-order chi connectivity index (χ1) is 8.56. The van der Waals surface area contributed by atoms with Gasteiger partial charge in [0.15, 0.2) is 0 Å². The maximum absolute atomic E-state index is 13.3. The minimum Gasteiger partial charge on any atom is -0.490 e. The Morgan fingerprint density at radius 3 is 2.56 bits per heavy atom. The number of nitrogens with zero attached hydrogens (tertiary/aromatic N) is 1. The van der Waals surface area contributed by atoms with Crippen LogP contribution in [0, 0.1) is 5.82 Å². The number of hydrogen-bond donors (Lipinski definition) is 0. The molecule has 0 N–H and O–H groups in total. The molecule has 0 atom stereocenters. The van der Waals surface area contributed by atoms with E-state index < -0.39 is 0 Å². The van der Waals surface area contributed by atoms with E-state index in [1.54, 1.807) is 12.1 Å². The fraction of sp³-hybridized carbons (Fsp3) is 0.600. The second kappa shape index (κ2) is 5.70. The number of halogens is 1. The smallest absolute Gasteiger partial charge is 0.123 e. The largest absolute Gasteiger partial charge is 0.490 e. The second-order valence-corrected chi connectivity index (χ2v) is 5.46. The lowest BCUT2D eigenvalue weighted by atomic mass is 10.0.